The van der Waals surface area contributed by atoms with E-state index in [9.17, 15) is 19.7 Å². The summed E-state index contributed by atoms with van der Waals surface area (Å²) in [6, 6.07) is 10.5. The van der Waals surface area contributed by atoms with Gasteiger partial charge in [-0.15, -0.1) is 0 Å². The van der Waals surface area contributed by atoms with Gasteiger partial charge in [-0.3, -0.25) is 35.9 Å². The topological polar surface area (TPSA) is 123 Å². The van der Waals surface area contributed by atoms with Crippen molar-refractivity contribution in [3.05, 3.63) is 74.3 Å². The predicted octanol–water partition coefficient (Wildman–Crippen LogP) is 2.71. The molecule has 0 atom stereocenters. The van der Waals surface area contributed by atoms with Crippen LogP contribution >= 0.6 is 28.1 Å². The van der Waals surface area contributed by atoms with Crippen LogP contribution in [0, 0.1) is 10.1 Å². The minimum Gasteiger partial charge on any atom is -0.496 e. The van der Waals surface area contributed by atoms with Crippen LogP contribution in [0.5, 0.6) is 5.75 Å². The molecule has 0 aliphatic carbocycles. The van der Waals surface area contributed by atoms with Gasteiger partial charge in [-0.2, -0.15) is 0 Å². The summed E-state index contributed by atoms with van der Waals surface area (Å²) >= 11 is 8.22. The molecule has 2 amide bonds. The molecule has 0 aliphatic rings. The number of rotatable bonds is 5. The largest absolute Gasteiger partial charge is 0.496 e. The summed E-state index contributed by atoms with van der Waals surface area (Å²) in [6.07, 6.45) is 2.56. The summed E-state index contributed by atoms with van der Waals surface area (Å²) in [4.78, 5) is 34.2. The minimum absolute atomic E-state index is 0.0855. The highest BCUT2D eigenvalue weighted by Gasteiger charge is 2.10. The Morgan fingerprint density at radius 2 is 1.97 bits per heavy atom. The van der Waals surface area contributed by atoms with Crippen molar-refractivity contribution >= 4 is 56.8 Å². The van der Waals surface area contributed by atoms with Gasteiger partial charge in [0.1, 0.15) is 5.75 Å². The second kappa shape index (κ2) is 10.3. The van der Waals surface area contributed by atoms with E-state index in [0.29, 0.717) is 21.3 Å². The molecule has 0 unspecified atom stereocenters. The molecule has 0 bridgehead atoms. The molecule has 2 rings (SSSR count). The second-order valence-electron chi connectivity index (χ2n) is 5.43. The maximum absolute atomic E-state index is 12.1. The second-order valence-corrected chi connectivity index (χ2v) is 6.69. The Bertz CT molecular complexity index is 996. The molecule has 0 heterocycles. The fourth-order valence-electron chi connectivity index (χ4n) is 2.09. The number of carbonyl (C=O) groups excluding carboxylic acids is 2. The number of hydrogen-bond donors (Lipinski definition) is 3. The van der Waals surface area contributed by atoms with Crippen LogP contribution in [-0.2, 0) is 4.79 Å². The predicted molar refractivity (Wildman–Crippen MR) is 114 cm³/mol. The van der Waals surface area contributed by atoms with E-state index >= 15 is 0 Å². The van der Waals surface area contributed by atoms with Gasteiger partial charge in [-0.05, 0) is 58.0 Å². The maximum atomic E-state index is 12.1. The number of carbonyl (C=O) groups is 2. The van der Waals surface area contributed by atoms with E-state index in [4.69, 9.17) is 17.0 Å². The number of benzene rings is 2. The SMILES string of the molecule is COc1ccc(C(=O)NNC(=S)NC(=O)/C=C/c2cccc([N+](=O)[O-])c2)cc1Br. The zero-order chi connectivity index (χ0) is 21.4. The van der Waals surface area contributed by atoms with Crippen LogP contribution in [-0.4, -0.2) is 29.0 Å². The third-order valence-corrected chi connectivity index (χ3v) is 4.27. The number of halogens is 1. The van der Waals surface area contributed by atoms with Crippen LogP contribution in [0.3, 0.4) is 0 Å². The molecule has 9 nitrogen and oxygen atoms in total. The molecule has 2 aromatic carbocycles. The van der Waals surface area contributed by atoms with Gasteiger partial charge in [-0.1, -0.05) is 12.1 Å². The molecule has 29 heavy (non-hydrogen) atoms. The van der Waals surface area contributed by atoms with Gasteiger partial charge in [0.15, 0.2) is 5.11 Å². The first-order chi connectivity index (χ1) is 13.8. The summed E-state index contributed by atoms with van der Waals surface area (Å²) < 4.78 is 5.70. The molecule has 0 fully saturated rings. The van der Waals surface area contributed by atoms with E-state index in [1.807, 2.05) is 0 Å². The Morgan fingerprint density at radius 3 is 2.62 bits per heavy atom. The van der Waals surface area contributed by atoms with E-state index in [1.54, 1.807) is 24.3 Å². The van der Waals surface area contributed by atoms with Gasteiger partial charge in [-0.25, -0.2) is 0 Å². The van der Waals surface area contributed by atoms with Crippen LogP contribution in [0.1, 0.15) is 15.9 Å². The normalized spacial score (nSPS) is 10.3. The highest BCUT2D eigenvalue weighted by Crippen LogP contribution is 2.25. The Hall–Kier alpha value is -3.31. The number of hydrogen-bond acceptors (Lipinski definition) is 6. The molecule has 2 aromatic rings. The molecule has 0 saturated heterocycles. The number of non-ortho nitro benzene ring substituents is 1. The monoisotopic (exact) mass is 478 g/mol. The van der Waals surface area contributed by atoms with Crippen molar-refractivity contribution in [1.82, 2.24) is 16.2 Å². The number of nitrogens with one attached hydrogen (secondary N) is 3. The van der Waals surface area contributed by atoms with E-state index < -0.39 is 16.7 Å². The number of nitrogens with zero attached hydrogens (tertiary/aromatic N) is 1. The highest BCUT2D eigenvalue weighted by molar-refractivity contribution is 9.10. The van der Waals surface area contributed by atoms with Crippen LogP contribution in [0.25, 0.3) is 6.08 Å². The average Bonchev–Trinajstić information content (AvgIpc) is 2.70. The maximum Gasteiger partial charge on any atom is 0.270 e. The van der Waals surface area contributed by atoms with Crippen molar-refractivity contribution in [3.63, 3.8) is 0 Å². The number of amides is 2. The smallest absolute Gasteiger partial charge is 0.270 e. The summed E-state index contributed by atoms with van der Waals surface area (Å²) in [7, 11) is 1.51. The van der Waals surface area contributed by atoms with Gasteiger partial charge < -0.3 is 4.74 Å². The van der Waals surface area contributed by atoms with Gasteiger partial charge in [0.2, 0.25) is 5.91 Å². The van der Waals surface area contributed by atoms with Gasteiger partial charge >= 0.3 is 0 Å². The van der Waals surface area contributed by atoms with Gasteiger partial charge in [0.25, 0.3) is 11.6 Å². The number of ether oxygens (including phenoxy) is 1. The third kappa shape index (κ3) is 6.66. The highest BCUT2D eigenvalue weighted by atomic mass is 79.9. The minimum atomic E-state index is -0.574. The van der Waals surface area contributed by atoms with E-state index in [2.05, 4.69) is 32.1 Å². The van der Waals surface area contributed by atoms with Crippen LogP contribution < -0.4 is 20.9 Å². The van der Waals surface area contributed by atoms with Crippen molar-refractivity contribution in [1.29, 1.82) is 0 Å². The lowest BCUT2D eigenvalue weighted by Crippen LogP contribution is -2.48. The fraction of sp³-hybridized carbons (Fsp3) is 0.0556. The molecule has 0 saturated carbocycles. The van der Waals surface area contributed by atoms with Crippen molar-refractivity contribution in [2.24, 2.45) is 0 Å². The molecule has 150 valence electrons. The average molecular weight is 479 g/mol. The van der Waals surface area contributed by atoms with Crippen molar-refractivity contribution in [2.45, 2.75) is 0 Å². The van der Waals surface area contributed by atoms with Crippen LogP contribution in [0.2, 0.25) is 0 Å². The molecule has 3 N–H and O–H groups in total. The molecular weight excluding hydrogens is 464 g/mol. The number of hydrazine groups is 1. The number of thiocarbonyl (C=S) groups is 1. The zero-order valence-electron chi connectivity index (χ0n) is 15.0. The fourth-order valence-corrected chi connectivity index (χ4v) is 2.78. The Balaban J connectivity index is 1.86. The first-order valence-corrected chi connectivity index (χ1v) is 9.17. The van der Waals surface area contributed by atoms with Crippen LogP contribution in [0.4, 0.5) is 5.69 Å². The van der Waals surface area contributed by atoms with E-state index in [-0.39, 0.29) is 10.8 Å². The Kier molecular flexibility index (Phi) is 7.80. The van der Waals surface area contributed by atoms with Crippen molar-refractivity contribution in [3.8, 4) is 5.75 Å². The molecular formula is C18H15BrN4O5S. The van der Waals surface area contributed by atoms with Crippen LogP contribution in [0.15, 0.2) is 53.0 Å². The molecule has 0 aliphatic heterocycles. The Morgan fingerprint density at radius 1 is 1.21 bits per heavy atom. The number of methoxy groups -OCH3 is 1. The molecule has 0 radical (unpaired) electrons. The standard InChI is InChI=1S/C18H15BrN4O5S/c1-28-15-7-6-12(10-14(15)19)17(25)21-22-18(29)20-16(24)8-5-11-3-2-4-13(9-11)23(26)27/h2-10H,1H3,(H,21,25)(H2,20,22,24,29)/b8-5+. The lowest BCUT2D eigenvalue weighted by atomic mass is 10.2. The molecule has 0 aromatic heterocycles. The number of nitro groups is 1. The molecule has 11 heteroatoms. The summed E-state index contributed by atoms with van der Waals surface area (Å²) in [5.74, 6) is -0.472. The van der Waals surface area contributed by atoms with E-state index in [0.717, 1.165) is 6.08 Å². The number of nitro benzene ring substituents is 1. The molecule has 0 spiro atoms. The van der Waals surface area contributed by atoms with Crippen molar-refractivity contribution < 1.29 is 19.2 Å². The van der Waals surface area contributed by atoms with E-state index in [1.165, 1.54) is 31.4 Å². The first kappa shape index (κ1) is 22.0. The first-order valence-electron chi connectivity index (χ1n) is 7.97. The quantitative estimate of drug-likeness (QED) is 0.261. The zero-order valence-corrected chi connectivity index (χ0v) is 17.4. The Labute approximate surface area is 179 Å². The van der Waals surface area contributed by atoms with Crippen molar-refractivity contribution in [2.75, 3.05) is 7.11 Å². The lowest BCUT2D eigenvalue weighted by molar-refractivity contribution is -0.384. The van der Waals surface area contributed by atoms with Gasteiger partial charge in [0, 0.05) is 23.8 Å². The third-order valence-electron chi connectivity index (χ3n) is 3.45. The lowest BCUT2D eigenvalue weighted by Gasteiger charge is -2.10. The summed E-state index contributed by atoms with van der Waals surface area (Å²) in [5.41, 5.74) is 5.50. The summed E-state index contributed by atoms with van der Waals surface area (Å²) in [5, 5.41) is 13.0. The summed E-state index contributed by atoms with van der Waals surface area (Å²) in [6.45, 7) is 0. The van der Waals surface area contributed by atoms with Gasteiger partial charge in [0.05, 0.1) is 16.5 Å².